The molecule has 0 unspecified atom stereocenters. The van der Waals surface area contributed by atoms with Crippen molar-refractivity contribution in [2.75, 3.05) is 19.7 Å². The van der Waals surface area contributed by atoms with Crippen LogP contribution in [0.3, 0.4) is 0 Å². The van der Waals surface area contributed by atoms with Crippen LogP contribution in [-0.4, -0.2) is 36.5 Å². The Morgan fingerprint density at radius 1 is 1.15 bits per heavy atom. The zero-order valence-corrected chi connectivity index (χ0v) is 14.7. The summed E-state index contributed by atoms with van der Waals surface area (Å²) in [5.41, 5.74) is 3.55. The zero-order valence-electron chi connectivity index (χ0n) is 14.7. The number of hydrogen-bond donors (Lipinski definition) is 1. The molecule has 1 amide bonds. The molecular formula is C21H23FN2O2. The van der Waals surface area contributed by atoms with Gasteiger partial charge in [-0.2, -0.15) is 0 Å². The van der Waals surface area contributed by atoms with E-state index in [0.29, 0.717) is 13.0 Å². The van der Waals surface area contributed by atoms with Crippen LogP contribution in [0, 0.1) is 5.82 Å². The molecule has 0 bridgehead atoms. The minimum absolute atomic E-state index is 0.181. The van der Waals surface area contributed by atoms with E-state index < -0.39 is 0 Å². The highest BCUT2D eigenvalue weighted by Crippen LogP contribution is 2.26. The fraction of sp³-hybridized carbons (Fsp3) is 0.381. The summed E-state index contributed by atoms with van der Waals surface area (Å²) in [5.74, 6) is 0.956. The number of nitrogens with zero attached hydrogens (tertiary/aromatic N) is 1. The normalized spacial score (nSPS) is 18.9. The molecule has 4 rings (SSSR count). The van der Waals surface area contributed by atoms with E-state index in [1.807, 2.05) is 11.0 Å². The minimum Gasteiger partial charge on any atom is -0.493 e. The maximum absolute atomic E-state index is 13.0. The van der Waals surface area contributed by atoms with Crippen LogP contribution in [0.15, 0.2) is 42.5 Å². The Bertz CT molecular complexity index is 791. The molecular weight excluding hydrogens is 331 g/mol. The van der Waals surface area contributed by atoms with Crippen molar-refractivity contribution in [2.24, 2.45) is 0 Å². The summed E-state index contributed by atoms with van der Waals surface area (Å²) in [7, 11) is 0. The SMILES string of the molecule is O=C1C[C@H](NCc2ccc3c(c2)CCO3)CN1CCc1ccc(F)cc1. The lowest BCUT2D eigenvalue weighted by Crippen LogP contribution is -2.33. The monoisotopic (exact) mass is 354 g/mol. The van der Waals surface area contributed by atoms with Gasteiger partial charge >= 0.3 is 0 Å². The smallest absolute Gasteiger partial charge is 0.224 e. The van der Waals surface area contributed by atoms with Gasteiger partial charge in [-0.3, -0.25) is 4.79 Å². The molecule has 2 aromatic rings. The van der Waals surface area contributed by atoms with Crippen LogP contribution in [0.4, 0.5) is 4.39 Å². The lowest BCUT2D eigenvalue weighted by molar-refractivity contribution is -0.127. The van der Waals surface area contributed by atoms with E-state index in [0.717, 1.165) is 43.9 Å². The lowest BCUT2D eigenvalue weighted by atomic mass is 10.1. The molecule has 2 aromatic carbocycles. The first-order chi connectivity index (χ1) is 12.7. The van der Waals surface area contributed by atoms with Crippen molar-refractivity contribution in [1.29, 1.82) is 0 Å². The van der Waals surface area contributed by atoms with Gasteiger partial charge in [0.25, 0.3) is 0 Å². The third-order valence-corrected chi connectivity index (χ3v) is 5.15. The molecule has 1 atom stereocenters. The quantitative estimate of drug-likeness (QED) is 0.867. The highest BCUT2D eigenvalue weighted by molar-refractivity contribution is 5.79. The Morgan fingerprint density at radius 2 is 1.96 bits per heavy atom. The fourth-order valence-electron chi connectivity index (χ4n) is 3.65. The molecule has 0 spiro atoms. The summed E-state index contributed by atoms with van der Waals surface area (Å²) in [5, 5.41) is 3.50. The first-order valence-corrected chi connectivity index (χ1v) is 9.17. The van der Waals surface area contributed by atoms with E-state index in [4.69, 9.17) is 4.74 Å². The standard InChI is InChI=1S/C21H23FN2O2/c22-18-4-1-15(2-5-18)7-9-24-14-19(12-21(24)25)23-13-16-3-6-20-17(11-16)8-10-26-20/h1-6,11,19,23H,7-10,12-14H2/t19-/m0/s1. The molecule has 0 saturated carbocycles. The molecule has 0 aromatic heterocycles. The summed E-state index contributed by atoms with van der Waals surface area (Å²) in [4.78, 5) is 14.1. The topological polar surface area (TPSA) is 41.6 Å². The van der Waals surface area contributed by atoms with Crippen molar-refractivity contribution >= 4 is 5.91 Å². The molecule has 0 radical (unpaired) electrons. The molecule has 1 saturated heterocycles. The third kappa shape index (κ3) is 3.88. The van der Waals surface area contributed by atoms with Crippen LogP contribution >= 0.6 is 0 Å². The summed E-state index contributed by atoms with van der Waals surface area (Å²) in [6.45, 7) is 2.94. The van der Waals surface area contributed by atoms with Gasteiger partial charge in [0, 0.05) is 38.5 Å². The van der Waals surface area contributed by atoms with E-state index in [2.05, 4.69) is 17.4 Å². The van der Waals surface area contributed by atoms with Crippen LogP contribution in [0.25, 0.3) is 0 Å². The Hall–Kier alpha value is -2.40. The highest BCUT2D eigenvalue weighted by atomic mass is 19.1. The molecule has 0 aliphatic carbocycles. The molecule has 26 heavy (non-hydrogen) atoms. The third-order valence-electron chi connectivity index (χ3n) is 5.15. The highest BCUT2D eigenvalue weighted by Gasteiger charge is 2.28. The van der Waals surface area contributed by atoms with Crippen molar-refractivity contribution in [3.63, 3.8) is 0 Å². The Labute approximate surface area is 153 Å². The van der Waals surface area contributed by atoms with Gasteiger partial charge < -0.3 is 15.0 Å². The van der Waals surface area contributed by atoms with Crippen LogP contribution < -0.4 is 10.1 Å². The maximum atomic E-state index is 13.0. The van der Waals surface area contributed by atoms with E-state index in [-0.39, 0.29) is 17.8 Å². The van der Waals surface area contributed by atoms with Gasteiger partial charge in [-0.15, -0.1) is 0 Å². The summed E-state index contributed by atoms with van der Waals surface area (Å²) in [6, 6.07) is 13.0. The van der Waals surface area contributed by atoms with Crippen LogP contribution in [-0.2, 0) is 24.2 Å². The number of rotatable bonds is 6. The van der Waals surface area contributed by atoms with Gasteiger partial charge in [0.2, 0.25) is 5.91 Å². The number of nitrogens with one attached hydrogen (secondary N) is 1. The number of halogens is 1. The number of ether oxygens (including phenoxy) is 1. The Kier molecular flexibility index (Phi) is 4.89. The molecule has 5 heteroatoms. The van der Waals surface area contributed by atoms with E-state index >= 15 is 0 Å². The second-order valence-electron chi connectivity index (χ2n) is 7.04. The van der Waals surface area contributed by atoms with Crippen molar-refractivity contribution in [2.45, 2.75) is 31.8 Å². The Morgan fingerprint density at radius 3 is 2.81 bits per heavy atom. The first-order valence-electron chi connectivity index (χ1n) is 9.17. The van der Waals surface area contributed by atoms with E-state index in [9.17, 15) is 9.18 Å². The van der Waals surface area contributed by atoms with Gasteiger partial charge in [0.15, 0.2) is 0 Å². The second-order valence-corrected chi connectivity index (χ2v) is 7.04. The number of carbonyl (C=O) groups excluding carboxylic acids is 1. The van der Waals surface area contributed by atoms with Gasteiger partial charge in [-0.05, 0) is 41.3 Å². The van der Waals surface area contributed by atoms with Crippen molar-refractivity contribution < 1.29 is 13.9 Å². The summed E-state index contributed by atoms with van der Waals surface area (Å²) in [6.07, 6.45) is 2.27. The van der Waals surface area contributed by atoms with Gasteiger partial charge in [0.1, 0.15) is 11.6 Å². The summed E-state index contributed by atoms with van der Waals surface area (Å²) < 4.78 is 18.5. The molecule has 4 nitrogen and oxygen atoms in total. The number of carbonyl (C=O) groups is 1. The van der Waals surface area contributed by atoms with Crippen LogP contribution in [0.1, 0.15) is 23.1 Å². The van der Waals surface area contributed by atoms with Crippen LogP contribution in [0.2, 0.25) is 0 Å². The predicted molar refractivity (Wildman–Crippen MR) is 97.6 cm³/mol. The average molecular weight is 354 g/mol. The van der Waals surface area contributed by atoms with Gasteiger partial charge in [-0.25, -0.2) is 4.39 Å². The van der Waals surface area contributed by atoms with E-state index in [1.165, 1.54) is 23.3 Å². The van der Waals surface area contributed by atoms with E-state index in [1.54, 1.807) is 12.1 Å². The number of fused-ring (bicyclic) bond motifs is 1. The maximum Gasteiger partial charge on any atom is 0.224 e. The van der Waals surface area contributed by atoms with Crippen LogP contribution in [0.5, 0.6) is 5.75 Å². The fourth-order valence-corrected chi connectivity index (χ4v) is 3.65. The first kappa shape index (κ1) is 17.0. The number of hydrogen-bond acceptors (Lipinski definition) is 3. The van der Waals surface area contributed by atoms with Gasteiger partial charge in [0.05, 0.1) is 6.61 Å². The number of likely N-dealkylation sites (tertiary alicyclic amines) is 1. The molecule has 136 valence electrons. The Balaban J connectivity index is 1.27. The van der Waals surface area contributed by atoms with Gasteiger partial charge in [-0.1, -0.05) is 24.3 Å². The predicted octanol–water partition coefficient (Wildman–Crippen LogP) is 2.69. The molecule has 2 heterocycles. The number of benzene rings is 2. The molecule has 1 N–H and O–H groups in total. The van der Waals surface area contributed by atoms with Crippen molar-refractivity contribution in [1.82, 2.24) is 10.2 Å². The zero-order chi connectivity index (χ0) is 17.9. The molecule has 1 fully saturated rings. The average Bonchev–Trinajstić information content (AvgIpc) is 3.25. The second kappa shape index (κ2) is 7.46. The summed E-state index contributed by atoms with van der Waals surface area (Å²) >= 11 is 0. The largest absolute Gasteiger partial charge is 0.493 e. The number of amides is 1. The van der Waals surface area contributed by atoms with Crippen molar-refractivity contribution in [3.8, 4) is 5.75 Å². The van der Waals surface area contributed by atoms with Crippen molar-refractivity contribution in [3.05, 3.63) is 65.0 Å². The lowest BCUT2D eigenvalue weighted by Gasteiger charge is -2.17. The minimum atomic E-state index is -0.228. The molecule has 2 aliphatic rings. The molecule has 2 aliphatic heterocycles.